The molecule has 7 heteroatoms. The van der Waals surface area contributed by atoms with Crippen LogP contribution in [0.2, 0.25) is 0 Å². The Labute approximate surface area is 174 Å². The number of imidazole rings is 1. The van der Waals surface area contributed by atoms with Crippen LogP contribution < -0.4 is 5.32 Å². The molecule has 154 valence electrons. The molecular formula is C23H23FN4O2. The Hall–Kier alpha value is -3.48. The van der Waals surface area contributed by atoms with Crippen LogP contribution in [0.3, 0.4) is 0 Å². The Morgan fingerprint density at radius 2 is 1.80 bits per heavy atom. The smallest absolute Gasteiger partial charge is 0.254 e. The van der Waals surface area contributed by atoms with Gasteiger partial charge in [0.05, 0.1) is 17.7 Å². The second-order valence-corrected chi connectivity index (χ2v) is 7.59. The molecule has 0 saturated heterocycles. The Balaban J connectivity index is 1.74. The van der Waals surface area contributed by atoms with Gasteiger partial charge in [0.2, 0.25) is 0 Å². The molecule has 2 amide bonds. The Morgan fingerprint density at radius 3 is 2.47 bits per heavy atom. The predicted octanol–water partition coefficient (Wildman–Crippen LogP) is 3.98. The van der Waals surface area contributed by atoms with E-state index in [1.807, 2.05) is 24.5 Å². The van der Waals surface area contributed by atoms with E-state index >= 15 is 0 Å². The largest absolute Gasteiger partial charge is 0.330 e. The maximum absolute atomic E-state index is 13.4. The zero-order valence-electron chi connectivity index (χ0n) is 16.9. The third-order valence-electron chi connectivity index (χ3n) is 5.27. The molecule has 1 aliphatic heterocycles. The molecule has 4 rings (SSSR count). The van der Waals surface area contributed by atoms with Gasteiger partial charge in [-0.2, -0.15) is 0 Å². The Kier molecular flexibility index (Phi) is 5.35. The number of carbonyl (C=O) groups is 2. The number of hydrogen-bond donors (Lipinski definition) is 1. The van der Waals surface area contributed by atoms with Gasteiger partial charge in [-0.05, 0) is 50.2 Å². The highest BCUT2D eigenvalue weighted by molar-refractivity contribution is 6.01. The van der Waals surface area contributed by atoms with Crippen molar-refractivity contribution in [1.82, 2.24) is 14.5 Å². The van der Waals surface area contributed by atoms with Gasteiger partial charge in [-0.1, -0.05) is 18.2 Å². The van der Waals surface area contributed by atoms with E-state index in [1.54, 1.807) is 35.5 Å². The molecule has 30 heavy (non-hydrogen) atoms. The van der Waals surface area contributed by atoms with Gasteiger partial charge < -0.3 is 14.8 Å². The fraction of sp³-hybridized carbons (Fsp3) is 0.261. The average molecular weight is 406 g/mol. The lowest BCUT2D eigenvalue weighted by Crippen LogP contribution is -2.46. The summed E-state index contributed by atoms with van der Waals surface area (Å²) in [4.78, 5) is 32.8. The molecule has 0 fully saturated rings. The number of benzene rings is 2. The minimum absolute atomic E-state index is 0.0779. The first-order valence-corrected chi connectivity index (χ1v) is 9.93. The van der Waals surface area contributed by atoms with Gasteiger partial charge >= 0.3 is 0 Å². The number of carbonyl (C=O) groups excluding carboxylic acids is 2. The molecule has 3 aromatic rings. The fourth-order valence-corrected chi connectivity index (χ4v) is 3.79. The number of rotatable bonds is 4. The van der Waals surface area contributed by atoms with E-state index in [4.69, 9.17) is 0 Å². The Bertz CT molecular complexity index is 1060. The van der Waals surface area contributed by atoms with Crippen molar-refractivity contribution in [1.29, 1.82) is 0 Å². The van der Waals surface area contributed by atoms with E-state index < -0.39 is 6.04 Å². The van der Waals surface area contributed by atoms with Crippen LogP contribution in [0.5, 0.6) is 0 Å². The standard InChI is InChI=1S/C23H23FN4O2/c1-15(2)28-14-25-19-12-13-27(23(30)16-6-4-3-5-7-16)21(20(19)28)22(29)26-18-10-8-17(24)9-11-18/h3-11,14-15,21H,12-13H2,1-2H3,(H,26,29). The Morgan fingerprint density at radius 1 is 1.10 bits per heavy atom. The van der Waals surface area contributed by atoms with Gasteiger partial charge in [0.15, 0.2) is 6.04 Å². The summed E-state index contributed by atoms with van der Waals surface area (Å²) in [6.45, 7) is 4.40. The number of nitrogens with one attached hydrogen (secondary N) is 1. The minimum atomic E-state index is -0.837. The summed E-state index contributed by atoms with van der Waals surface area (Å²) in [5.41, 5.74) is 2.53. The number of aromatic nitrogens is 2. The maximum atomic E-state index is 13.4. The quantitative estimate of drug-likeness (QED) is 0.713. The van der Waals surface area contributed by atoms with E-state index in [2.05, 4.69) is 10.3 Å². The van der Waals surface area contributed by atoms with Gasteiger partial charge in [-0.3, -0.25) is 9.59 Å². The van der Waals surface area contributed by atoms with Crippen molar-refractivity contribution in [2.45, 2.75) is 32.4 Å². The van der Waals surface area contributed by atoms with E-state index in [0.717, 1.165) is 11.4 Å². The van der Waals surface area contributed by atoms with Gasteiger partial charge in [0.25, 0.3) is 11.8 Å². The average Bonchev–Trinajstić information content (AvgIpc) is 3.19. The minimum Gasteiger partial charge on any atom is -0.330 e. The molecule has 1 atom stereocenters. The lowest BCUT2D eigenvalue weighted by molar-refractivity contribution is -0.121. The third kappa shape index (κ3) is 3.70. The van der Waals surface area contributed by atoms with Gasteiger partial charge in [0, 0.05) is 30.3 Å². The van der Waals surface area contributed by atoms with Crippen LogP contribution >= 0.6 is 0 Å². The van der Waals surface area contributed by atoms with E-state index in [0.29, 0.717) is 24.2 Å². The first-order chi connectivity index (χ1) is 14.5. The second kappa shape index (κ2) is 8.10. The molecule has 0 spiro atoms. The molecule has 1 unspecified atom stereocenters. The van der Waals surface area contributed by atoms with Crippen LogP contribution in [0.25, 0.3) is 0 Å². The summed E-state index contributed by atoms with van der Waals surface area (Å²) in [6.07, 6.45) is 2.30. The lowest BCUT2D eigenvalue weighted by atomic mass is 9.99. The summed E-state index contributed by atoms with van der Waals surface area (Å²) in [5.74, 6) is -0.946. The molecule has 0 aliphatic carbocycles. The maximum Gasteiger partial charge on any atom is 0.254 e. The monoisotopic (exact) mass is 406 g/mol. The van der Waals surface area contributed by atoms with Crippen LogP contribution in [0, 0.1) is 5.82 Å². The molecule has 6 nitrogen and oxygen atoms in total. The van der Waals surface area contributed by atoms with Gasteiger partial charge in [-0.25, -0.2) is 9.37 Å². The first kappa shape index (κ1) is 19.8. The van der Waals surface area contributed by atoms with Crippen molar-refractivity contribution in [2.24, 2.45) is 0 Å². The number of fused-ring (bicyclic) bond motifs is 1. The topological polar surface area (TPSA) is 67.2 Å². The van der Waals surface area contributed by atoms with E-state index in [1.165, 1.54) is 24.3 Å². The highest BCUT2D eigenvalue weighted by atomic mass is 19.1. The number of nitrogens with zero attached hydrogens (tertiary/aromatic N) is 3. The van der Waals surface area contributed by atoms with Gasteiger partial charge in [-0.15, -0.1) is 0 Å². The number of amides is 2. The van der Waals surface area contributed by atoms with Crippen LogP contribution in [-0.2, 0) is 11.2 Å². The van der Waals surface area contributed by atoms with Crippen LogP contribution in [0.1, 0.15) is 47.7 Å². The predicted molar refractivity (Wildman–Crippen MR) is 112 cm³/mol. The SMILES string of the molecule is CC(C)n1cnc2c1C(C(=O)Nc1ccc(F)cc1)N(C(=O)c1ccccc1)CC2. The molecule has 0 bridgehead atoms. The van der Waals surface area contributed by atoms with Gasteiger partial charge in [0.1, 0.15) is 5.82 Å². The van der Waals surface area contributed by atoms with Crippen molar-refractivity contribution in [3.8, 4) is 0 Å². The second-order valence-electron chi connectivity index (χ2n) is 7.59. The van der Waals surface area contributed by atoms with Crippen molar-refractivity contribution >= 4 is 17.5 Å². The molecular weight excluding hydrogens is 383 g/mol. The van der Waals surface area contributed by atoms with Crippen molar-refractivity contribution in [2.75, 3.05) is 11.9 Å². The number of hydrogen-bond acceptors (Lipinski definition) is 3. The van der Waals surface area contributed by atoms with Crippen molar-refractivity contribution in [3.63, 3.8) is 0 Å². The first-order valence-electron chi connectivity index (χ1n) is 9.93. The number of anilines is 1. The molecule has 1 N–H and O–H groups in total. The highest BCUT2D eigenvalue weighted by Crippen LogP contribution is 2.33. The molecule has 2 heterocycles. The summed E-state index contributed by atoms with van der Waals surface area (Å²) >= 11 is 0. The third-order valence-corrected chi connectivity index (χ3v) is 5.27. The molecule has 1 aromatic heterocycles. The molecule has 1 aliphatic rings. The normalized spacial score (nSPS) is 15.7. The highest BCUT2D eigenvalue weighted by Gasteiger charge is 2.39. The van der Waals surface area contributed by atoms with Crippen molar-refractivity contribution in [3.05, 3.63) is 83.7 Å². The lowest BCUT2D eigenvalue weighted by Gasteiger charge is -2.36. The fourth-order valence-electron chi connectivity index (χ4n) is 3.79. The van der Waals surface area contributed by atoms with Crippen molar-refractivity contribution < 1.29 is 14.0 Å². The molecule has 0 radical (unpaired) electrons. The molecule has 0 saturated carbocycles. The van der Waals surface area contributed by atoms with E-state index in [9.17, 15) is 14.0 Å². The van der Waals surface area contributed by atoms with Crippen LogP contribution in [0.4, 0.5) is 10.1 Å². The summed E-state index contributed by atoms with van der Waals surface area (Å²) < 4.78 is 15.2. The van der Waals surface area contributed by atoms with Crippen LogP contribution in [-0.4, -0.2) is 32.8 Å². The zero-order valence-corrected chi connectivity index (χ0v) is 16.9. The summed E-state index contributed by atoms with van der Waals surface area (Å²) in [5, 5.41) is 2.83. The van der Waals surface area contributed by atoms with E-state index in [-0.39, 0.29) is 23.7 Å². The number of halogens is 1. The molecule has 2 aromatic carbocycles. The zero-order chi connectivity index (χ0) is 21.3. The summed E-state index contributed by atoms with van der Waals surface area (Å²) in [6, 6.07) is 13.7. The van der Waals surface area contributed by atoms with Crippen LogP contribution in [0.15, 0.2) is 60.9 Å². The summed E-state index contributed by atoms with van der Waals surface area (Å²) in [7, 11) is 0.